The highest BCUT2D eigenvalue weighted by atomic mass is 16.8. The molecular formula is C24H27NO8. The Balaban J connectivity index is 1.56. The van der Waals surface area contributed by atoms with Crippen LogP contribution in [0.4, 0.5) is 0 Å². The molecule has 1 amide bonds. The highest BCUT2D eigenvalue weighted by Gasteiger charge is 2.51. The third kappa shape index (κ3) is 5.95. The standard InChI is InChI=1S/C24H27NO8/c1-15(26)25-20-22(29-14-19(27)28)21-18(13-31-23(33-21)17-10-6-3-7-11-17)32-24(20)30-12-16-8-4-2-5-9-16/h2-11,18,20-24H,12-14H2,1H3,(H,25,26)(H,27,28)/t18-,20+,21-,22+,23+,24-/m1/s1. The van der Waals surface area contributed by atoms with Gasteiger partial charge in [-0.3, -0.25) is 4.79 Å². The largest absolute Gasteiger partial charge is 0.480 e. The summed E-state index contributed by atoms with van der Waals surface area (Å²) in [5.74, 6) is -1.46. The van der Waals surface area contributed by atoms with E-state index < -0.39 is 49.5 Å². The zero-order valence-corrected chi connectivity index (χ0v) is 18.2. The number of hydrogen-bond acceptors (Lipinski definition) is 7. The summed E-state index contributed by atoms with van der Waals surface area (Å²) >= 11 is 0. The molecule has 0 aromatic heterocycles. The van der Waals surface area contributed by atoms with Crippen LogP contribution in [0.2, 0.25) is 0 Å². The Bertz CT molecular complexity index is 925. The van der Waals surface area contributed by atoms with Gasteiger partial charge in [-0.25, -0.2) is 4.79 Å². The van der Waals surface area contributed by atoms with Crippen LogP contribution in [-0.4, -0.2) is 60.8 Å². The first-order chi connectivity index (χ1) is 16.0. The third-order valence-corrected chi connectivity index (χ3v) is 5.44. The highest BCUT2D eigenvalue weighted by Crippen LogP contribution is 2.35. The van der Waals surface area contributed by atoms with Crippen LogP contribution in [0, 0.1) is 0 Å². The summed E-state index contributed by atoms with van der Waals surface area (Å²) in [7, 11) is 0. The van der Waals surface area contributed by atoms with Gasteiger partial charge in [0.1, 0.15) is 31.0 Å². The Morgan fingerprint density at radius 1 is 1.03 bits per heavy atom. The molecular weight excluding hydrogens is 430 g/mol. The second-order valence-corrected chi connectivity index (χ2v) is 7.91. The van der Waals surface area contributed by atoms with Gasteiger partial charge >= 0.3 is 5.97 Å². The van der Waals surface area contributed by atoms with Crippen LogP contribution in [-0.2, 0) is 39.9 Å². The number of amides is 1. The summed E-state index contributed by atoms with van der Waals surface area (Å²) in [5, 5.41) is 12.0. The SMILES string of the molecule is CC(=O)N[C@@H]1[C@H](OCc2ccccc2)O[C@@H]2CO[C@H](c3ccccc3)O[C@H]2[C@H]1OCC(=O)O. The molecule has 2 saturated heterocycles. The third-order valence-electron chi connectivity index (χ3n) is 5.44. The lowest BCUT2D eigenvalue weighted by Crippen LogP contribution is -2.67. The van der Waals surface area contributed by atoms with Crippen LogP contribution < -0.4 is 5.32 Å². The molecule has 9 heteroatoms. The average molecular weight is 457 g/mol. The number of carboxylic acids is 1. The maximum atomic E-state index is 12.0. The number of rotatable bonds is 8. The number of carbonyl (C=O) groups is 2. The van der Waals surface area contributed by atoms with Crippen molar-refractivity contribution < 1.29 is 38.4 Å². The molecule has 0 saturated carbocycles. The molecule has 2 heterocycles. The number of hydrogen-bond donors (Lipinski definition) is 2. The molecule has 0 spiro atoms. The van der Waals surface area contributed by atoms with Gasteiger partial charge in [-0.2, -0.15) is 0 Å². The zero-order valence-electron chi connectivity index (χ0n) is 18.2. The number of aliphatic carboxylic acids is 1. The van der Waals surface area contributed by atoms with Gasteiger partial charge in [-0.15, -0.1) is 0 Å². The molecule has 176 valence electrons. The quantitative estimate of drug-likeness (QED) is 0.619. The minimum Gasteiger partial charge on any atom is -0.480 e. The van der Waals surface area contributed by atoms with Crippen LogP contribution >= 0.6 is 0 Å². The van der Waals surface area contributed by atoms with Crippen molar-refractivity contribution in [2.24, 2.45) is 0 Å². The van der Waals surface area contributed by atoms with Crippen LogP contribution in [0.5, 0.6) is 0 Å². The van der Waals surface area contributed by atoms with E-state index in [0.29, 0.717) is 0 Å². The summed E-state index contributed by atoms with van der Waals surface area (Å²) in [6.07, 6.45) is -3.66. The maximum absolute atomic E-state index is 12.0. The first-order valence-electron chi connectivity index (χ1n) is 10.7. The molecule has 33 heavy (non-hydrogen) atoms. The van der Waals surface area contributed by atoms with Crippen molar-refractivity contribution >= 4 is 11.9 Å². The van der Waals surface area contributed by atoms with Crippen LogP contribution in [0.25, 0.3) is 0 Å². The predicted octanol–water partition coefficient (Wildman–Crippen LogP) is 2.02. The number of ether oxygens (including phenoxy) is 5. The Morgan fingerprint density at radius 2 is 1.73 bits per heavy atom. The summed E-state index contributed by atoms with van der Waals surface area (Å²) < 4.78 is 29.9. The fourth-order valence-electron chi connectivity index (χ4n) is 4.00. The fourth-order valence-corrected chi connectivity index (χ4v) is 4.00. The Labute approximate surface area is 191 Å². The Hall–Kier alpha value is -2.82. The molecule has 2 aromatic carbocycles. The summed E-state index contributed by atoms with van der Waals surface area (Å²) in [6.45, 7) is 1.23. The number of carbonyl (C=O) groups excluding carboxylic acids is 1. The number of benzene rings is 2. The Kier molecular flexibility index (Phi) is 7.69. The van der Waals surface area contributed by atoms with Crippen LogP contribution in [0.3, 0.4) is 0 Å². The van der Waals surface area contributed by atoms with Gasteiger partial charge in [0.2, 0.25) is 5.91 Å². The molecule has 9 nitrogen and oxygen atoms in total. The fraction of sp³-hybridized carbons (Fsp3) is 0.417. The van der Waals surface area contributed by atoms with Gasteiger partial charge in [0.05, 0.1) is 13.2 Å². The van der Waals surface area contributed by atoms with Gasteiger partial charge < -0.3 is 34.1 Å². The molecule has 2 aliphatic heterocycles. The van der Waals surface area contributed by atoms with Crippen molar-refractivity contribution in [2.45, 2.75) is 50.5 Å². The summed E-state index contributed by atoms with van der Waals surface area (Å²) in [5.41, 5.74) is 1.74. The van der Waals surface area contributed by atoms with Crippen molar-refractivity contribution in [3.05, 3.63) is 71.8 Å². The normalized spacial score (nSPS) is 29.1. The van der Waals surface area contributed by atoms with Crippen molar-refractivity contribution in [3.63, 3.8) is 0 Å². The van der Waals surface area contributed by atoms with Crippen molar-refractivity contribution in [1.82, 2.24) is 5.32 Å². The van der Waals surface area contributed by atoms with Gasteiger partial charge in [0.15, 0.2) is 12.6 Å². The lowest BCUT2D eigenvalue weighted by atomic mass is 9.95. The maximum Gasteiger partial charge on any atom is 0.329 e. The van der Waals surface area contributed by atoms with Crippen LogP contribution in [0.1, 0.15) is 24.3 Å². The van der Waals surface area contributed by atoms with Crippen molar-refractivity contribution in [3.8, 4) is 0 Å². The molecule has 2 aliphatic rings. The first kappa shape index (κ1) is 23.3. The lowest BCUT2D eigenvalue weighted by molar-refractivity contribution is -0.349. The molecule has 0 unspecified atom stereocenters. The zero-order chi connectivity index (χ0) is 23.2. The van der Waals surface area contributed by atoms with E-state index in [4.69, 9.17) is 23.7 Å². The first-order valence-corrected chi connectivity index (χ1v) is 10.7. The van der Waals surface area contributed by atoms with Crippen molar-refractivity contribution in [2.75, 3.05) is 13.2 Å². The van der Waals surface area contributed by atoms with E-state index in [1.165, 1.54) is 6.92 Å². The van der Waals surface area contributed by atoms with E-state index in [0.717, 1.165) is 11.1 Å². The highest BCUT2D eigenvalue weighted by molar-refractivity contribution is 5.73. The van der Waals surface area contributed by atoms with Gasteiger partial charge in [0, 0.05) is 12.5 Å². The van der Waals surface area contributed by atoms with E-state index in [1.54, 1.807) is 0 Å². The predicted molar refractivity (Wildman–Crippen MR) is 115 cm³/mol. The van der Waals surface area contributed by atoms with E-state index in [-0.39, 0.29) is 19.1 Å². The lowest BCUT2D eigenvalue weighted by Gasteiger charge is -2.49. The minimum atomic E-state index is -1.13. The molecule has 2 aromatic rings. The number of fused-ring (bicyclic) bond motifs is 1. The smallest absolute Gasteiger partial charge is 0.329 e. The summed E-state index contributed by atoms with van der Waals surface area (Å²) in [6, 6.07) is 18.1. The number of carboxylic acid groups (broad SMARTS) is 1. The molecule has 4 rings (SSSR count). The van der Waals surface area contributed by atoms with Gasteiger partial charge in [0.25, 0.3) is 0 Å². The number of nitrogens with one attached hydrogen (secondary N) is 1. The van der Waals surface area contributed by atoms with Crippen LogP contribution in [0.15, 0.2) is 60.7 Å². The van der Waals surface area contributed by atoms with Crippen molar-refractivity contribution in [1.29, 1.82) is 0 Å². The second kappa shape index (κ2) is 10.9. The van der Waals surface area contributed by atoms with E-state index >= 15 is 0 Å². The molecule has 2 fully saturated rings. The van der Waals surface area contributed by atoms with E-state index in [9.17, 15) is 14.7 Å². The molecule has 2 N–H and O–H groups in total. The molecule has 0 bridgehead atoms. The van der Waals surface area contributed by atoms with E-state index in [2.05, 4.69) is 5.32 Å². The average Bonchev–Trinajstić information content (AvgIpc) is 2.82. The van der Waals surface area contributed by atoms with Gasteiger partial charge in [-0.1, -0.05) is 60.7 Å². The molecule has 0 radical (unpaired) electrons. The molecule has 0 aliphatic carbocycles. The molecule has 6 atom stereocenters. The second-order valence-electron chi connectivity index (χ2n) is 7.91. The minimum absolute atomic E-state index is 0.190. The van der Waals surface area contributed by atoms with Gasteiger partial charge in [-0.05, 0) is 5.56 Å². The monoisotopic (exact) mass is 457 g/mol. The Morgan fingerprint density at radius 3 is 2.39 bits per heavy atom. The topological polar surface area (TPSA) is 113 Å². The van der Waals surface area contributed by atoms with E-state index in [1.807, 2.05) is 60.7 Å². The summed E-state index contributed by atoms with van der Waals surface area (Å²) in [4.78, 5) is 23.3.